The molecule has 21 heavy (non-hydrogen) atoms. The van der Waals surface area contributed by atoms with E-state index in [1.165, 1.54) is 6.08 Å². The second-order valence-corrected chi connectivity index (χ2v) is 4.94. The summed E-state index contributed by atoms with van der Waals surface area (Å²) in [5, 5.41) is 12.3. The largest absolute Gasteiger partial charge is 0.390 e. The molecule has 1 aliphatic rings. The molecular weight excluding hydrogens is 295 g/mol. The van der Waals surface area contributed by atoms with E-state index < -0.39 is 23.9 Å². The number of halogens is 2. The number of amides is 1. The third-order valence-electron chi connectivity index (χ3n) is 3.02. The summed E-state index contributed by atoms with van der Waals surface area (Å²) in [6, 6.07) is -0.424. The molecule has 4 nitrogen and oxygen atoms in total. The van der Waals surface area contributed by atoms with Crippen molar-refractivity contribution in [2.75, 3.05) is 20.1 Å². The topological polar surface area (TPSA) is 52.6 Å². The highest BCUT2D eigenvalue weighted by Gasteiger charge is 2.29. The Morgan fingerprint density at radius 1 is 1.52 bits per heavy atom. The van der Waals surface area contributed by atoms with Gasteiger partial charge in [0.15, 0.2) is 0 Å². The zero-order valence-corrected chi connectivity index (χ0v) is 13.6. The van der Waals surface area contributed by atoms with Crippen LogP contribution in [0, 0.1) is 0 Å². The smallest absolute Gasteiger partial charge is 0.256 e. The number of likely N-dealkylation sites (tertiary alicyclic amines) is 1. The monoisotopic (exact) mass is 318 g/mol. The van der Waals surface area contributed by atoms with E-state index in [1.54, 1.807) is 0 Å². The lowest BCUT2D eigenvalue weighted by Crippen LogP contribution is -2.53. The molecule has 0 aromatic carbocycles. The van der Waals surface area contributed by atoms with Gasteiger partial charge in [0.25, 0.3) is 5.91 Å². The summed E-state index contributed by atoms with van der Waals surface area (Å²) < 4.78 is 13.3. The average molecular weight is 319 g/mol. The summed E-state index contributed by atoms with van der Waals surface area (Å²) in [4.78, 5) is 13.9. The van der Waals surface area contributed by atoms with Gasteiger partial charge in [-0.1, -0.05) is 38.6 Å². The van der Waals surface area contributed by atoms with Crippen molar-refractivity contribution in [3.05, 3.63) is 35.7 Å². The first-order chi connectivity index (χ1) is 9.86. The molecule has 1 rings (SSSR count). The van der Waals surface area contributed by atoms with Crippen LogP contribution in [0.2, 0.25) is 0 Å². The van der Waals surface area contributed by atoms with Gasteiger partial charge in [0.05, 0.1) is 22.8 Å². The summed E-state index contributed by atoms with van der Waals surface area (Å²) in [6.07, 6.45) is 1.06. The fourth-order valence-corrected chi connectivity index (χ4v) is 2.15. The number of hydrogen-bond donors (Lipinski definition) is 2. The molecule has 1 saturated heterocycles. The molecule has 0 aromatic rings. The number of nitrogens with one attached hydrogen (secondary N) is 1. The molecule has 120 valence electrons. The molecule has 0 bridgehead atoms. The molecule has 1 aliphatic heterocycles. The number of aliphatic hydroxyl groups is 1. The summed E-state index contributed by atoms with van der Waals surface area (Å²) in [5.74, 6) is -1.61. The van der Waals surface area contributed by atoms with Crippen LogP contribution in [0.15, 0.2) is 35.7 Å². The van der Waals surface area contributed by atoms with Crippen LogP contribution in [-0.4, -0.2) is 48.2 Å². The lowest BCUT2D eigenvalue weighted by atomic mass is 10.0. The predicted molar refractivity (Wildman–Crippen MR) is 84.7 cm³/mol. The Balaban J connectivity index is 0.00000191. The van der Waals surface area contributed by atoms with Crippen molar-refractivity contribution < 1.29 is 14.3 Å². The number of rotatable bonds is 4. The zero-order chi connectivity index (χ0) is 16.6. The molecule has 0 aromatic heterocycles. The van der Waals surface area contributed by atoms with Gasteiger partial charge in [0.2, 0.25) is 0 Å². The SMILES string of the molecule is C=C/C(Cl)=C(\C(=C)F)C(=O)NC1CCN(C)CC1O.CC. The van der Waals surface area contributed by atoms with E-state index in [4.69, 9.17) is 11.6 Å². The number of carbonyl (C=O) groups is 1. The number of allylic oxidation sites excluding steroid dienone is 2. The maximum atomic E-state index is 13.3. The van der Waals surface area contributed by atoms with Gasteiger partial charge in [-0.05, 0) is 26.1 Å². The lowest BCUT2D eigenvalue weighted by molar-refractivity contribution is -0.119. The van der Waals surface area contributed by atoms with Gasteiger partial charge in [-0.3, -0.25) is 4.79 Å². The van der Waals surface area contributed by atoms with Gasteiger partial charge in [-0.25, -0.2) is 4.39 Å². The van der Waals surface area contributed by atoms with Gasteiger partial charge in [0, 0.05) is 6.54 Å². The van der Waals surface area contributed by atoms with E-state index >= 15 is 0 Å². The fraction of sp³-hybridized carbons (Fsp3) is 0.533. The van der Waals surface area contributed by atoms with Crippen molar-refractivity contribution in [2.24, 2.45) is 0 Å². The number of carbonyl (C=O) groups excluding carboxylic acids is 1. The summed E-state index contributed by atoms with van der Waals surface area (Å²) in [6.45, 7) is 11.7. The first-order valence-electron chi connectivity index (χ1n) is 6.91. The number of β-amino-alcohol motifs (C(OH)–C–C–N with tert-alkyl or cyclic N) is 1. The maximum absolute atomic E-state index is 13.3. The number of piperidine rings is 1. The third kappa shape index (κ3) is 5.99. The van der Waals surface area contributed by atoms with Crippen molar-refractivity contribution in [3.8, 4) is 0 Å². The van der Waals surface area contributed by atoms with Crippen molar-refractivity contribution in [1.82, 2.24) is 10.2 Å². The molecule has 2 unspecified atom stereocenters. The van der Waals surface area contributed by atoms with E-state index in [1.807, 2.05) is 25.8 Å². The van der Waals surface area contributed by atoms with Crippen LogP contribution in [0.3, 0.4) is 0 Å². The van der Waals surface area contributed by atoms with Crippen molar-refractivity contribution in [1.29, 1.82) is 0 Å². The van der Waals surface area contributed by atoms with Crippen molar-refractivity contribution in [2.45, 2.75) is 32.4 Å². The minimum atomic E-state index is -0.926. The van der Waals surface area contributed by atoms with E-state index in [0.29, 0.717) is 13.0 Å². The van der Waals surface area contributed by atoms with E-state index in [-0.39, 0.29) is 10.6 Å². The maximum Gasteiger partial charge on any atom is 0.256 e. The minimum Gasteiger partial charge on any atom is -0.390 e. The molecule has 0 radical (unpaired) electrons. The Morgan fingerprint density at radius 2 is 2.10 bits per heavy atom. The van der Waals surface area contributed by atoms with Crippen LogP contribution >= 0.6 is 11.6 Å². The zero-order valence-electron chi connectivity index (χ0n) is 12.8. The highest BCUT2D eigenvalue weighted by Crippen LogP contribution is 2.20. The highest BCUT2D eigenvalue weighted by molar-refractivity contribution is 6.34. The van der Waals surface area contributed by atoms with Crippen LogP contribution in [0.4, 0.5) is 4.39 Å². The van der Waals surface area contributed by atoms with Crippen LogP contribution in [0.5, 0.6) is 0 Å². The Labute approximate surface area is 131 Å². The van der Waals surface area contributed by atoms with E-state index in [9.17, 15) is 14.3 Å². The quantitative estimate of drug-likeness (QED) is 0.618. The Bertz CT molecular complexity index is 424. The van der Waals surface area contributed by atoms with Gasteiger partial charge in [-0.2, -0.15) is 0 Å². The highest BCUT2D eigenvalue weighted by atomic mass is 35.5. The van der Waals surface area contributed by atoms with Gasteiger partial charge >= 0.3 is 0 Å². The number of aliphatic hydroxyl groups excluding tert-OH is 1. The molecule has 1 fully saturated rings. The van der Waals surface area contributed by atoms with Crippen molar-refractivity contribution >= 4 is 17.5 Å². The average Bonchev–Trinajstić information content (AvgIpc) is 2.43. The summed E-state index contributed by atoms with van der Waals surface area (Å²) >= 11 is 5.73. The third-order valence-corrected chi connectivity index (χ3v) is 3.36. The van der Waals surface area contributed by atoms with Crippen LogP contribution in [0.1, 0.15) is 20.3 Å². The second-order valence-electron chi connectivity index (χ2n) is 4.53. The van der Waals surface area contributed by atoms with E-state index in [2.05, 4.69) is 18.5 Å². The Hall–Kier alpha value is -1.17. The van der Waals surface area contributed by atoms with Crippen LogP contribution < -0.4 is 5.32 Å². The number of nitrogens with zero attached hydrogens (tertiary/aromatic N) is 1. The molecule has 2 N–H and O–H groups in total. The fourth-order valence-electron chi connectivity index (χ4n) is 1.96. The molecule has 0 spiro atoms. The van der Waals surface area contributed by atoms with Gasteiger partial charge in [0.1, 0.15) is 5.83 Å². The van der Waals surface area contributed by atoms with Crippen LogP contribution in [-0.2, 0) is 4.79 Å². The first-order valence-corrected chi connectivity index (χ1v) is 7.29. The lowest BCUT2D eigenvalue weighted by Gasteiger charge is -2.34. The Kier molecular flexibility index (Phi) is 9.17. The predicted octanol–water partition coefficient (Wildman–Crippen LogP) is 2.36. The minimum absolute atomic E-state index is 0.104. The van der Waals surface area contributed by atoms with Crippen LogP contribution in [0.25, 0.3) is 0 Å². The molecule has 6 heteroatoms. The second kappa shape index (κ2) is 9.71. The molecule has 1 heterocycles. The number of likely N-dealkylation sites (N-methyl/N-ethyl adjacent to an activating group) is 1. The molecule has 2 atom stereocenters. The first kappa shape index (κ1) is 19.8. The number of hydrogen-bond acceptors (Lipinski definition) is 3. The van der Waals surface area contributed by atoms with Gasteiger partial charge in [-0.15, -0.1) is 0 Å². The molecule has 0 aliphatic carbocycles. The molecule has 0 saturated carbocycles. The van der Waals surface area contributed by atoms with Gasteiger partial charge < -0.3 is 15.3 Å². The molecule has 1 amide bonds. The summed E-state index contributed by atoms with van der Waals surface area (Å²) in [7, 11) is 1.88. The standard InChI is InChI=1S/C13H18ClFN2O2.C2H6/c1-4-9(14)12(8(2)15)13(19)16-10-5-6-17(3)7-11(10)18;1-2/h4,10-11,18H,1-2,5-7H2,3H3,(H,16,19);1-2H3/b12-9-;. The van der Waals surface area contributed by atoms with Crippen molar-refractivity contribution in [3.63, 3.8) is 0 Å². The normalized spacial score (nSPS) is 23.3. The van der Waals surface area contributed by atoms with E-state index in [0.717, 1.165) is 6.54 Å². The summed E-state index contributed by atoms with van der Waals surface area (Å²) in [5.41, 5.74) is -0.345. The Morgan fingerprint density at radius 3 is 2.52 bits per heavy atom. The molecular formula is C15H24ClFN2O2.